The Labute approximate surface area is 203 Å². The first-order chi connectivity index (χ1) is 14.5. The molecule has 1 aliphatic rings. The Morgan fingerprint density at radius 3 is 2.65 bits per heavy atom. The molecule has 1 aliphatic heterocycles. The van der Waals surface area contributed by atoms with Gasteiger partial charge in [0, 0.05) is 31.2 Å². The highest BCUT2D eigenvalue weighted by molar-refractivity contribution is 14.0. The maximum Gasteiger partial charge on any atom is 0.238 e. The third kappa shape index (κ3) is 7.81. The lowest BCUT2D eigenvalue weighted by Gasteiger charge is -2.22. The summed E-state index contributed by atoms with van der Waals surface area (Å²) in [5.74, 6) is 1.49. The average Bonchev–Trinajstić information content (AvgIpc) is 3.21. The summed E-state index contributed by atoms with van der Waals surface area (Å²) in [5.41, 5.74) is 3.29. The molecule has 0 bridgehead atoms. The SMILES string of the molecule is CCNC(=NCc1cccc(NC(=O)CN(C)C)c1)N1CCC(c2ccccc2)C1.I. The second-order valence-corrected chi connectivity index (χ2v) is 8.00. The zero-order valence-electron chi connectivity index (χ0n) is 18.7. The minimum absolute atomic E-state index is 0. The van der Waals surface area contributed by atoms with Gasteiger partial charge in [-0.15, -0.1) is 24.0 Å². The van der Waals surface area contributed by atoms with Crippen LogP contribution in [0.2, 0.25) is 0 Å². The Bertz CT molecular complexity index is 856. The number of halogens is 1. The number of carbonyl (C=O) groups is 1. The summed E-state index contributed by atoms with van der Waals surface area (Å²) < 4.78 is 0. The molecule has 168 valence electrons. The van der Waals surface area contributed by atoms with Crippen molar-refractivity contribution in [3.8, 4) is 0 Å². The molecule has 1 amide bonds. The van der Waals surface area contributed by atoms with Crippen LogP contribution in [0, 0.1) is 0 Å². The Morgan fingerprint density at radius 1 is 1.16 bits per heavy atom. The molecule has 1 saturated heterocycles. The van der Waals surface area contributed by atoms with Gasteiger partial charge in [-0.05, 0) is 50.7 Å². The summed E-state index contributed by atoms with van der Waals surface area (Å²) in [6.07, 6.45) is 1.14. The number of guanidine groups is 1. The number of nitrogens with zero attached hydrogens (tertiary/aromatic N) is 3. The Hall–Kier alpha value is -2.13. The van der Waals surface area contributed by atoms with Crippen molar-refractivity contribution in [3.05, 3.63) is 65.7 Å². The third-order valence-electron chi connectivity index (χ3n) is 5.18. The number of carbonyl (C=O) groups excluding carboxylic acids is 1. The van der Waals surface area contributed by atoms with Crippen molar-refractivity contribution in [3.63, 3.8) is 0 Å². The van der Waals surface area contributed by atoms with Gasteiger partial charge in [-0.1, -0.05) is 42.5 Å². The number of anilines is 1. The van der Waals surface area contributed by atoms with Crippen molar-refractivity contribution >= 4 is 41.5 Å². The summed E-state index contributed by atoms with van der Waals surface area (Å²) >= 11 is 0. The molecule has 2 aromatic carbocycles. The summed E-state index contributed by atoms with van der Waals surface area (Å²) in [6, 6.07) is 18.6. The number of nitrogens with one attached hydrogen (secondary N) is 2. The zero-order valence-corrected chi connectivity index (χ0v) is 21.0. The summed E-state index contributed by atoms with van der Waals surface area (Å²) in [4.78, 5) is 21.1. The van der Waals surface area contributed by atoms with Gasteiger partial charge in [0.05, 0.1) is 13.1 Å². The number of benzene rings is 2. The third-order valence-corrected chi connectivity index (χ3v) is 5.18. The smallest absolute Gasteiger partial charge is 0.238 e. The lowest BCUT2D eigenvalue weighted by atomic mass is 9.99. The number of likely N-dealkylation sites (N-methyl/N-ethyl adjacent to an activating group) is 1. The van der Waals surface area contributed by atoms with Gasteiger partial charge in [0.15, 0.2) is 5.96 Å². The highest BCUT2D eigenvalue weighted by atomic mass is 127. The fraction of sp³-hybridized carbons (Fsp3) is 0.417. The Morgan fingerprint density at radius 2 is 1.94 bits per heavy atom. The van der Waals surface area contributed by atoms with Crippen LogP contribution in [0.5, 0.6) is 0 Å². The number of aliphatic imine (C=N–C) groups is 1. The predicted molar refractivity (Wildman–Crippen MR) is 139 cm³/mol. The maximum absolute atomic E-state index is 12.0. The fourth-order valence-electron chi connectivity index (χ4n) is 3.78. The molecule has 2 aromatic rings. The first-order valence-electron chi connectivity index (χ1n) is 10.7. The monoisotopic (exact) mass is 535 g/mol. The van der Waals surface area contributed by atoms with Crippen LogP contribution in [0.15, 0.2) is 59.6 Å². The van der Waals surface area contributed by atoms with Crippen LogP contribution >= 0.6 is 24.0 Å². The summed E-state index contributed by atoms with van der Waals surface area (Å²) in [5, 5.41) is 6.39. The lowest BCUT2D eigenvalue weighted by Crippen LogP contribution is -2.40. The molecule has 3 rings (SSSR count). The molecule has 31 heavy (non-hydrogen) atoms. The Balaban J connectivity index is 0.00000341. The van der Waals surface area contributed by atoms with E-state index >= 15 is 0 Å². The topological polar surface area (TPSA) is 60.0 Å². The minimum Gasteiger partial charge on any atom is -0.357 e. The van der Waals surface area contributed by atoms with Crippen LogP contribution in [0.3, 0.4) is 0 Å². The first kappa shape index (κ1) is 25.1. The van der Waals surface area contributed by atoms with E-state index in [2.05, 4.69) is 52.8 Å². The van der Waals surface area contributed by atoms with Crippen molar-refractivity contribution in [2.75, 3.05) is 45.6 Å². The van der Waals surface area contributed by atoms with Crippen LogP contribution in [0.4, 0.5) is 5.69 Å². The largest absolute Gasteiger partial charge is 0.357 e. The molecule has 0 radical (unpaired) electrons. The molecule has 2 N–H and O–H groups in total. The van der Waals surface area contributed by atoms with Crippen molar-refractivity contribution < 1.29 is 4.79 Å². The number of amides is 1. The standard InChI is InChI=1S/C24H33N5O.HI/c1-4-25-24(29-14-13-21(17-29)20-10-6-5-7-11-20)26-16-19-9-8-12-22(15-19)27-23(30)18-28(2)3;/h5-12,15,21H,4,13-14,16-18H2,1-3H3,(H,25,26)(H,27,30);1H. The molecule has 1 fully saturated rings. The minimum atomic E-state index is -0.0157. The molecule has 0 aromatic heterocycles. The number of rotatable bonds is 7. The van der Waals surface area contributed by atoms with Gasteiger partial charge in [0.25, 0.3) is 0 Å². The second-order valence-electron chi connectivity index (χ2n) is 8.00. The van der Waals surface area contributed by atoms with Gasteiger partial charge in [-0.25, -0.2) is 4.99 Å². The van der Waals surface area contributed by atoms with Crippen molar-refractivity contribution in [2.24, 2.45) is 4.99 Å². The molecule has 6 nitrogen and oxygen atoms in total. The number of hydrogen-bond acceptors (Lipinski definition) is 3. The quantitative estimate of drug-likeness (QED) is 0.322. The van der Waals surface area contributed by atoms with Crippen LogP contribution in [0.1, 0.15) is 30.4 Å². The van der Waals surface area contributed by atoms with Crippen LogP contribution in [0.25, 0.3) is 0 Å². The number of likely N-dealkylation sites (tertiary alicyclic amines) is 1. The van der Waals surface area contributed by atoms with Crippen LogP contribution in [-0.4, -0.2) is 61.9 Å². The predicted octanol–water partition coefficient (Wildman–Crippen LogP) is 3.76. The van der Waals surface area contributed by atoms with Crippen LogP contribution in [-0.2, 0) is 11.3 Å². The van der Waals surface area contributed by atoms with Gasteiger partial charge >= 0.3 is 0 Å². The van der Waals surface area contributed by atoms with Crippen LogP contribution < -0.4 is 10.6 Å². The molecule has 0 spiro atoms. The molecular weight excluding hydrogens is 501 g/mol. The van der Waals surface area contributed by atoms with E-state index < -0.39 is 0 Å². The normalized spacial score (nSPS) is 16.2. The highest BCUT2D eigenvalue weighted by Gasteiger charge is 2.25. The van der Waals surface area contributed by atoms with E-state index in [0.717, 1.165) is 43.3 Å². The number of hydrogen-bond donors (Lipinski definition) is 2. The second kappa shape index (κ2) is 12.7. The van der Waals surface area contributed by atoms with E-state index in [1.165, 1.54) is 5.56 Å². The average molecular weight is 535 g/mol. The Kier molecular flexibility index (Phi) is 10.3. The molecule has 1 atom stereocenters. The molecule has 0 saturated carbocycles. The molecular formula is C24H34IN5O. The molecule has 7 heteroatoms. The van der Waals surface area contributed by atoms with E-state index in [9.17, 15) is 4.79 Å². The summed E-state index contributed by atoms with van der Waals surface area (Å²) in [6.45, 7) is 5.87. The van der Waals surface area contributed by atoms with Gasteiger partial charge in [-0.3, -0.25) is 4.79 Å². The fourth-order valence-corrected chi connectivity index (χ4v) is 3.78. The van der Waals surface area contributed by atoms with E-state index in [-0.39, 0.29) is 29.9 Å². The van der Waals surface area contributed by atoms with Crippen molar-refractivity contribution in [1.29, 1.82) is 0 Å². The molecule has 1 unspecified atom stereocenters. The first-order valence-corrected chi connectivity index (χ1v) is 10.7. The van der Waals surface area contributed by atoms with E-state index in [1.54, 1.807) is 0 Å². The van der Waals surface area contributed by atoms with Crippen molar-refractivity contribution in [2.45, 2.75) is 25.8 Å². The van der Waals surface area contributed by atoms with Gasteiger partial charge < -0.3 is 20.4 Å². The van der Waals surface area contributed by atoms with Gasteiger partial charge in [-0.2, -0.15) is 0 Å². The van der Waals surface area contributed by atoms with Gasteiger partial charge in [0.2, 0.25) is 5.91 Å². The van der Waals surface area contributed by atoms with Crippen molar-refractivity contribution in [1.82, 2.24) is 15.1 Å². The molecule has 1 heterocycles. The van der Waals surface area contributed by atoms with E-state index in [0.29, 0.717) is 19.0 Å². The van der Waals surface area contributed by atoms with E-state index in [1.807, 2.05) is 43.3 Å². The zero-order chi connectivity index (χ0) is 21.3. The highest BCUT2D eigenvalue weighted by Crippen LogP contribution is 2.27. The lowest BCUT2D eigenvalue weighted by molar-refractivity contribution is -0.116. The van der Waals surface area contributed by atoms with Gasteiger partial charge in [0.1, 0.15) is 0 Å². The maximum atomic E-state index is 12.0. The summed E-state index contributed by atoms with van der Waals surface area (Å²) in [7, 11) is 3.77. The van der Waals surface area contributed by atoms with E-state index in [4.69, 9.17) is 4.99 Å². The molecule has 0 aliphatic carbocycles.